The molecule has 1 saturated heterocycles. The fourth-order valence-corrected chi connectivity index (χ4v) is 3.06. The second-order valence-electron chi connectivity index (χ2n) is 5.41. The molecule has 2 aromatic heterocycles. The molecule has 0 amide bonds. The standard InChI is InChI=1S/C16H15N5/c17-10-12-11-18-21-14-7-3-2-6-13(14)16(19-15(12)21)20-8-4-1-5-9-20/h2-3,6-7,11H,1,4-5,8-9H2. The van der Waals surface area contributed by atoms with Crippen LogP contribution in [0.25, 0.3) is 16.6 Å². The Labute approximate surface area is 122 Å². The van der Waals surface area contributed by atoms with Crippen LogP contribution in [0.15, 0.2) is 30.5 Å². The van der Waals surface area contributed by atoms with E-state index in [0.717, 1.165) is 29.8 Å². The molecule has 1 fully saturated rings. The maximum absolute atomic E-state index is 9.24. The molecule has 0 bridgehead atoms. The normalized spacial score (nSPS) is 15.5. The Balaban J connectivity index is 2.04. The van der Waals surface area contributed by atoms with Crippen LogP contribution in [-0.2, 0) is 0 Å². The number of hydrogen-bond acceptors (Lipinski definition) is 4. The van der Waals surface area contributed by atoms with E-state index in [2.05, 4.69) is 22.1 Å². The van der Waals surface area contributed by atoms with E-state index >= 15 is 0 Å². The van der Waals surface area contributed by atoms with E-state index in [4.69, 9.17) is 4.98 Å². The number of hydrogen-bond donors (Lipinski definition) is 0. The zero-order chi connectivity index (χ0) is 14.2. The molecule has 0 radical (unpaired) electrons. The minimum absolute atomic E-state index is 0.527. The molecule has 0 unspecified atom stereocenters. The van der Waals surface area contributed by atoms with Crippen LogP contribution < -0.4 is 4.90 Å². The average Bonchev–Trinajstić information content (AvgIpc) is 2.98. The molecular formula is C16H15N5. The van der Waals surface area contributed by atoms with Gasteiger partial charge in [-0.3, -0.25) is 0 Å². The fraction of sp³-hybridized carbons (Fsp3) is 0.312. The second-order valence-corrected chi connectivity index (χ2v) is 5.41. The number of nitrogens with zero attached hydrogens (tertiary/aromatic N) is 5. The van der Waals surface area contributed by atoms with E-state index < -0.39 is 0 Å². The predicted molar refractivity (Wildman–Crippen MR) is 81.3 cm³/mol. The van der Waals surface area contributed by atoms with Gasteiger partial charge in [-0.2, -0.15) is 10.4 Å². The van der Waals surface area contributed by atoms with E-state index in [9.17, 15) is 5.26 Å². The molecule has 5 nitrogen and oxygen atoms in total. The van der Waals surface area contributed by atoms with Crippen LogP contribution in [0.2, 0.25) is 0 Å². The molecule has 104 valence electrons. The van der Waals surface area contributed by atoms with Gasteiger partial charge in [-0.15, -0.1) is 0 Å². The lowest BCUT2D eigenvalue weighted by Gasteiger charge is -2.28. The monoisotopic (exact) mass is 277 g/mol. The Hall–Kier alpha value is -2.61. The first kappa shape index (κ1) is 12.2. The molecule has 4 rings (SSSR count). The van der Waals surface area contributed by atoms with Crippen LogP contribution in [0.5, 0.6) is 0 Å². The van der Waals surface area contributed by atoms with Gasteiger partial charge < -0.3 is 4.90 Å². The molecule has 5 heteroatoms. The van der Waals surface area contributed by atoms with Crippen molar-refractivity contribution in [3.63, 3.8) is 0 Å². The van der Waals surface area contributed by atoms with Gasteiger partial charge >= 0.3 is 0 Å². The highest BCUT2D eigenvalue weighted by Gasteiger charge is 2.18. The summed E-state index contributed by atoms with van der Waals surface area (Å²) in [6, 6.07) is 10.3. The Kier molecular flexibility index (Phi) is 2.74. The molecule has 0 saturated carbocycles. The van der Waals surface area contributed by atoms with Gasteiger partial charge in [-0.25, -0.2) is 9.50 Å². The molecule has 1 aromatic carbocycles. The van der Waals surface area contributed by atoms with E-state index in [0.29, 0.717) is 11.2 Å². The lowest BCUT2D eigenvalue weighted by molar-refractivity contribution is 0.575. The number of fused-ring (bicyclic) bond motifs is 3. The average molecular weight is 277 g/mol. The van der Waals surface area contributed by atoms with Crippen molar-refractivity contribution in [1.29, 1.82) is 5.26 Å². The first-order valence-electron chi connectivity index (χ1n) is 7.30. The Morgan fingerprint density at radius 1 is 1.10 bits per heavy atom. The van der Waals surface area contributed by atoms with Crippen molar-refractivity contribution in [2.75, 3.05) is 18.0 Å². The van der Waals surface area contributed by atoms with Gasteiger partial charge in [0, 0.05) is 18.5 Å². The van der Waals surface area contributed by atoms with Crippen molar-refractivity contribution in [3.05, 3.63) is 36.0 Å². The summed E-state index contributed by atoms with van der Waals surface area (Å²) >= 11 is 0. The van der Waals surface area contributed by atoms with Gasteiger partial charge in [0.2, 0.25) is 0 Å². The van der Waals surface area contributed by atoms with Gasteiger partial charge in [0.15, 0.2) is 5.65 Å². The van der Waals surface area contributed by atoms with Gasteiger partial charge in [0.1, 0.15) is 17.5 Å². The van der Waals surface area contributed by atoms with Crippen molar-refractivity contribution >= 4 is 22.4 Å². The minimum Gasteiger partial charge on any atom is -0.356 e. The number of anilines is 1. The number of piperidine rings is 1. The van der Waals surface area contributed by atoms with Crippen molar-refractivity contribution < 1.29 is 0 Å². The summed E-state index contributed by atoms with van der Waals surface area (Å²) in [6.45, 7) is 2.06. The number of rotatable bonds is 1. The lowest BCUT2D eigenvalue weighted by atomic mass is 10.1. The van der Waals surface area contributed by atoms with Crippen LogP contribution in [0.4, 0.5) is 5.82 Å². The largest absolute Gasteiger partial charge is 0.356 e. The highest BCUT2D eigenvalue weighted by molar-refractivity contribution is 5.92. The Bertz CT molecular complexity index is 852. The van der Waals surface area contributed by atoms with Crippen molar-refractivity contribution in [1.82, 2.24) is 14.6 Å². The molecular weight excluding hydrogens is 262 g/mol. The van der Waals surface area contributed by atoms with Crippen LogP contribution >= 0.6 is 0 Å². The third-order valence-corrected chi connectivity index (χ3v) is 4.10. The third kappa shape index (κ3) is 1.83. The van der Waals surface area contributed by atoms with E-state index in [1.54, 1.807) is 10.7 Å². The molecule has 0 aliphatic carbocycles. The number of aromatic nitrogens is 3. The highest BCUT2D eigenvalue weighted by Crippen LogP contribution is 2.28. The lowest BCUT2D eigenvalue weighted by Crippen LogP contribution is -2.30. The van der Waals surface area contributed by atoms with Crippen molar-refractivity contribution in [3.8, 4) is 6.07 Å². The van der Waals surface area contributed by atoms with Crippen LogP contribution in [0.3, 0.4) is 0 Å². The molecule has 0 N–H and O–H groups in total. The van der Waals surface area contributed by atoms with E-state index in [1.807, 2.05) is 18.2 Å². The van der Waals surface area contributed by atoms with Crippen LogP contribution in [0, 0.1) is 11.3 Å². The summed E-state index contributed by atoms with van der Waals surface area (Å²) in [5.41, 5.74) is 2.18. The van der Waals surface area contributed by atoms with Gasteiger partial charge in [-0.1, -0.05) is 12.1 Å². The summed E-state index contributed by atoms with van der Waals surface area (Å²) < 4.78 is 1.77. The first-order valence-corrected chi connectivity index (χ1v) is 7.30. The van der Waals surface area contributed by atoms with Gasteiger partial charge in [0.25, 0.3) is 0 Å². The van der Waals surface area contributed by atoms with Gasteiger partial charge in [-0.05, 0) is 31.4 Å². The predicted octanol–water partition coefficient (Wildman–Crippen LogP) is 2.74. The van der Waals surface area contributed by atoms with Crippen LogP contribution in [-0.4, -0.2) is 27.7 Å². The summed E-state index contributed by atoms with van der Waals surface area (Å²) in [5.74, 6) is 0.981. The summed E-state index contributed by atoms with van der Waals surface area (Å²) in [5, 5.41) is 14.7. The maximum atomic E-state index is 9.24. The third-order valence-electron chi connectivity index (χ3n) is 4.10. The van der Waals surface area contributed by atoms with E-state index in [1.165, 1.54) is 19.3 Å². The Morgan fingerprint density at radius 3 is 2.71 bits per heavy atom. The molecule has 1 aliphatic heterocycles. The quantitative estimate of drug-likeness (QED) is 0.686. The molecule has 1 aliphatic rings. The van der Waals surface area contributed by atoms with Crippen molar-refractivity contribution in [2.45, 2.75) is 19.3 Å². The second kappa shape index (κ2) is 4.74. The summed E-state index contributed by atoms with van der Waals surface area (Å²) in [4.78, 5) is 7.10. The molecule has 3 heterocycles. The summed E-state index contributed by atoms with van der Waals surface area (Å²) in [6.07, 6.45) is 5.28. The highest BCUT2D eigenvalue weighted by atomic mass is 15.3. The fourth-order valence-electron chi connectivity index (χ4n) is 3.06. The van der Waals surface area contributed by atoms with E-state index in [-0.39, 0.29) is 0 Å². The smallest absolute Gasteiger partial charge is 0.175 e. The van der Waals surface area contributed by atoms with Crippen molar-refractivity contribution in [2.24, 2.45) is 0 Å². The topological polar surface area (TPSA) is 57.2 Å². The maximum Gasteiger partial charge on any atom is 0.175 e. The number of benzene rings is 1. The molecule has 0 spiro atoms. The van der Waals surface area contributed by atoms with Gasteiger partial charge in [0.05, 0.1) is 11.7 Å². The minimum atomic E-state index is 0.527. The molecule has 21 heavy (non-hydrogen) atoms. The zero-order valence-corrected chi connectivity index (χ0v) is 11.7. The van der Waals surface area contributed by atoms with Crippen LogP contribution in [0.1, 0.15) is 24.8 Å². The number of nitriles is 1. The first-order chi connectivity index (χ1) is 10.4. The molecule has 3 aromatic rings. The Morgan fingerprint density at radius 2 is 1.90 bits per heavy atom. The zero-order valence-electron chi connectivity index (χ0n) is 11.7. The SMILES string of the molecule is N#Cc1cnn2c1nc(N1CCCCC1)c1ccccc12. The summed E-state index contributed by atoms with van der Waals surface area (Å²) in [7, 11) is 0. The molecule has 0 atom stereocenters. The number of para-hydroxylation sites is 1.